The van der Waals surface area contributed by atoms with Gasteiger partial charge in [0.25, 0.3) is 0 Å². The van der Waals surface area contributed by atoms with Crippen LogP contribution in [0, 0.1) is 0 Å². The van der Waals surface area contributed by atoms with E-state index in [0.29, 0.717) is 13.1 Å². The van der Waals surface area contributed by atoms with Crippen molar-refractivity contribution in [3.63, 3.8) is 0 Å². The molecule has 0 heterocycles. The molecule has 0 aromatic carbocycles. The molecule has 0 unspecified atom stereocenters. The molecular weight excluding hydrogens is 156 g/mol. The maximum absolute atomic E-state index is 10.2. The molecule has 3 N–H and O–H groups in total. The zero-order valence-corrected chi connectivity index (χ0v) is 7.62. The van der Waals surface area contributed by atoms with E-state index in [1.807, 2.05) is 11.9 Å². The van der Waals surface area contributed by atoms with E-state index in [1.165, 1.54) is 0 Å². The second kappa shape index (κ2) is 7.06. The molecule has 72 valence electrons. The Morgan fingerprint density at radius 3 is 2.58 bits per heavy atom. The van der Waals surface area contributed by atoms with E-state index in [-0.39, 0.29) is 6.42 Å². The van der Waals surface area contributed by atoms with Crippen LogP contribution in [0.2, 0.25) is 0 Å². The second-order valence-electron chi connectivity index (χ2n) is 2.94. The lowest BCUT2D eigenvalue weighted by molar-refractivity contribution is -0.137. The third-order valence-electron chi connectivity index (χ3n) is 1.70. The van der Waals surface area contributed by atoms with Crippen molar-refractivity contribution in [3.8, 4) is 0 Å². The van der Waals surface area contributed by atoms with E-state index in [1.54, 1.807) is 0 Å². The van der Waals surface area contributed by atoms with Crippen LogP contribution in [0.25, 0.3) is 0 Å². The van der Waals surface area contributed by atoms with Crippen molar-refractivity contribution in [1.82, 2.24) is 4.90 Å². The molecule has 0 amide bonds. The first-order valence-corrected chi connectivity index (χ1v) is 4.27. The summed E-state index contributed by atoms with van der Waals surface area (Å²) in [6.45, 7) is 2.27. The molecule has 0 bridgehead atoms. The fourth-order valence-electron chi connectivity index (χ4n) is 0.924. The van der Waals surface area contributed by atoms with E-state index < -0.39 is 5.97 Å². The van der Waals surface area contributed by atoms with Gasteiger partial charge in [-0.25, -0.2) is 0 Å². The minimum absolute atomic E-state index is 0.221. The Hall–Kier alpha value is -0.610. The van der Waals surface area contributed by atoms with Crippen molar-refractivity contribution < 1.29 is 9.90 Å². The second-order valence-corrected chi connectivity index (χ2v) is 2.94. The smallest absolute Gasteiger partial charge is 0.304 e. The van der Waals surface area contributed by atoms with Gasteiger partial charge in [-0.15, -0.1) is 0 Å². The number of unbranched alkanes of at least 4 members (excludes halogenated alkanes) is 1. The van der Waals surface area contributed by atoms with Gasteiger partial charge in [-0.2, -0.15) is 0 Å². The Labute approximate surface area is 73.3 Å². The molecular formula is C8H18N2O2. The lowest BCUT2D eigenvalue weighted by atomic mass is 10.3. The van der Waals surface area contributed by atoms with E-state index in [9.17, 15) is 4.79 Å². The van der Waals surface area contributed by atoms with E-state index in [2.05, 4.69) is 0 Å². The number of rotatable bonds is 7. The highest BCUT2D eigenvalue weighted by Crippen LogP contribution is 1.92. The molecule has 4 nitrogen and oxygen atoms in total. The largest absolute Gasteiger partial charge is 0.481 e. The van der Waals surface area contributed by atoms with Crippen LogP contribution < -0.4 is 5.73 Å². The van der Waals surface area contributed by atoms with Gasteiger partial charge in [0, 0.05) is 6.54 Å². The van der Waals surface area contributed by atoms with E-state index >= 15 is 0 Å². The van der Waals surface area contributed by atoms with Crippen LogP contribution in [-0.2, 0) is 4.79 Å². The Kier molecular flexibility index (Phi) is 6.70. The molecule has 0 saturated carbocycles. The predicted molar refractivity (Wildman–Crippen MR) is 48.0 cm³/mol. The summed E-state index contributed by atoms with van der Waals surface area (Å²) < 4.78 is 0. The van der Waals surface area contributed by atoms with Gasteiger partial charge in [0.2, 0.25) is 0 Å². The molecule has 0 atom stereocenters. The molecule has 0 fully saturated rings. The summed E-state index contributed by atoms with van der Waals surface area (Å²) in [5.41, 5.74) is 5.32. The quantitative estimate of drug-likeness (QED) is 0.538. The SMILES string of the molecule is CN(CCCCN)CCC(=O)O. The van der Waals surface area contributed by atoms with Crippen molar-refractivity contribution in [2.75, 3.05) is 26.7 Å². The van der Waals surface area contributed by atoms with Gasteiger partial charge in [0.15, 0.2) is 0 Å². The van der Waals surface area contributed by atoms with Crippen molar-refractivity contribution >= 4 is 5.97 Å². The summed E-state index contributed by atoms with van der Waals surface area (Å²) in [5, 5.41) is 8.39. The number of carbonyl (C=O) groups is 1. The molecule has 0 spiro atoms. The van der Waals surface area contributed by atoms with Gasteiger partial charge < -0.3 is 15.7 Å². The van der Waals surface area contributed by atoms with Gasteiger partial charge >= 0.3 is 5.97 Å². The minimum atomic E-state index is -0.735. The van der Waals surface area contributed by atoms with Crippen molar-refractivity contribution in [3.05, 3.63) is 0 Å². The number of carboxylic acid groups (broad SMARTS) is 1. The van der Waals surface area contributed by atoms with Crippen LogP contribution in [0.1, 0.15) is 19.3 Å². The summed E-state index contributed by atoms with van der Waals surface area (Å²) >= 11 is 0. The van der Waals surface area contributed by atoms with Gasteiger partial charge in [-0.3, -0.25) is 4.79 Å². The first kappa shape index (κ1) is 11.4. The van der Waals surface area contributed by atoms with E-state index in [4.69, 9.17) is 10.8 Å². The van der Waals surface area contributed by atoms with Crippen molar-refractivity contribution in [1.29, 1.82) is 0 Å². The standard InChI is InChI=1S/C8H18N2O2/c1-10(6-3-2-5-9)7-4-8(11)12/h2-7,9H2,1H3,(H,11,12). The third-order valence-corrected chi connectivity index (χ3v) is 1.70. The molecule has 0 saturated heterocycles. The first-order valence-electron chi connectivity index (χ1n) is 4.27. The van der Waals surface area contributed by atoms with Gasteiger partial charge in [0.05, 0.1) is 6.42 Å². The van der Waals surface area contributed by atoms with Crippen molar-refractivity contribution in [2.45, 2.75) is 19.3 Å². The molecule has 0 aliphatic rings. The first-order chi connectivity index (χ1) is 5.66. The highest BCUT2D eigenvalue weighted by Gasteiger charge is 2.01. The number of hydrogen-bond acceptors (Lipinski definition) is 3. The fraction of sp³-hybridized carbons (Fsp3) is 0.875. The van der Waals surface area contributed by atoms with Crippen LogP contribution >= 0.6 is 0 Å². The molecule has 4 heteroatoms. The summed E-state index contributed by atoms with van der Waals surface area (Å²) in [6, 6.07) is 0. The van der Waals surface area contributed by atoms with Gasteiger partial charge in [0.1, 0.15) is 0 Å². The van der Waals surface area contributed by atoms with Crippen LogP contribution in [-0.4, -0.2) is 42.7 Å². The van der Waals surface area contributed by atoms with Crippen LogP contribution in [0.4, 0.5) is 0 Å². The van der Waals surface area contributed by atoms with Crippen LogP contribution in [0.5, 0.6) is 0 Å². The average molecular weight is 174 g/mol. The fourth-order valence-corrected chi connectivity index (χ4v) is 0.924. The normalized spacial score (nSPS) is 10.6. The molecule has 0 radical (unpaired) electrons. The maximum Gasteiger partial charge on any atom is 0.304 e. The predicted octanol–water partition coefficient (Wildman–Crippen LogP) is 0.132. The highest BCUT2D eigenvalue weighted by atomic mass is 16.4. The molecule has 0 aromatic rings. The Balaban J connectivity index is 3.21. The number of nitrogens with zero attached hydrogens (tertiary/aromatic N) is 1. The lowest BCUT2D eigenvalue weighted by Gasteiger charge is -2.14. The maximum atomic E-state index is 10.2. The average Bonchev–Trinajstić information content (AvgIpc) is 2.01. The number of nitrogens with two attached hydrogens (primary N) is 1. The summed E-state index contributed by atoms with van der Waals surface area (Å²) in [5.74, 6) is -0.735. The topological polar surface area (TPSA) is 66.6 Å². The summed E-state index contributed by atoms with van der Waals surface area (Å²) in [7, 11) is 1.93. The lowest BCUT2D eigenvalue weighted by Crippen LogP contribution is -2.23. The number of carboxylic acids is 1. The molecule has 0 aliphatic carbocycles. The number of hydrogen-bond donors (Lipinski definition) is 2. The Morgan fingerprint density at radius 2 is 2.08 bits per heavy atom. The molecule has 0 rings (SSSR count). The molecule has 0 aliphatic heterocycles. The monoisotopic (exact) mass is 174 g/mol. The van der Waals surface area contributed by atoms with Gasteiger partial charge in [-0.05, 0) is 33.0 Å². The third kappa shape index (κ3) is 7.50. The molecule has 12 heavy (non-hydrogen) atoms. The Bertz CT molecular complexity index is 128. The van der Waals surface area contributed by atoms with Crippen LogP contribution in [0.3, 0.4) is 0 Å². The molecule has 0 aromatic heterocycles. The minimum Gasteiger partial charge on any atom is -0.481 e. The zero-order valence-electron chi connectivity index (χ0n) is 7.62. The van der Waals surface area contributed by atoms with Crippen molar-refractivity contribution in [2.24, 2.45) is 5.73 Å². The van der Waals surface area contributed by atoms with Gasteiger partial charge in [-0.1, -0.05) is 0 Å². The van der Waals surface area contributed by atoms with E-state index in [0.717, 1.165) is 19.4 Å². The summed E-state index contributed by atoms with van der Waals surface area (Å²) in [4.78, 5) is 12.2. The highest BCUT2D eigenvalue weighted by molar-refractivity contribution is 5.66. The van der Waals surface area contributed by atoms with Crippen LogP contribution in [0.15, 0.2) is 0 Å². The number of aliphatic carboxylic acids is 1. The summed E-state index contributed by atoms with van der Waals surface area (Å²) in [6.07, 6.45) is 2.28. The Morgan fingerprint density at radius 1 is 1.42 bits per heavy atom. The zero-order chi connectivity index (χ0) is 9.40.